The molecule has 0 atom stereocenters. The van der Waals surface area contributed by atoms with Gasteiger partial charge in [0.2, 0.25) is 0 Å². The van der Waals surface area contributed by atoms with Crippen LogP contribution in [0.25, 0.3) is 0 Å². The monoisotopic (exact) mass is 242 g/mol. The topological polar surface area (TPSA) is 36.4 Å². The molecular weight excluding hydrogens is 224 g/mol. The van der Waals surface area contributed by atoms with Crippen LogP contribution in [0.3, 0.4) is 0 Å². The fraction of sp³-hybridized carbons (Fsp3) is 0.267. The van der Waals surface area contributed by atoms with Crippen LogP contribution in [0.5, 0.6) is 0 Å². The maximum absolute atomic E-state index is 9.01. The van der Waals surface area contributed by atoms with Gasteiger partial charge in [0.15, 0.2) is 0 Å². The Morgan fingerprint density at radius 1 is 1.06 bits per heavy atom. The highest BCUT2D eigenvalue weighted by Gasteiger charge is 2.06. The first-order chi connectivity index (χ1) is 8.83. The van der Waals surface area contributed by atoms with Crippen LogP contribution in [0.2, 0.25) is 0 Å². The molecule has 0 amide bonds. The fourth-order valence-electron chi connectivity index (χ4n) is 1.86. The number of anilines is 1. The molecule has 0 aliphatic heterocycles. The lowest BCUT2D eigenvalue weighted by atomic mass is 10.2. The average Bonchev–Trinajstić information content (AvgIpc) is 2.46. The van der Waals surface area contributed by atoms with Gasteiger partial charge in [0, 0.05) is 19.3 Å². The van der Waals surface area contributed by atoms with Gasteiger partial charge in [-0.3, -0.25) is 0 Å². The van der Waals surface area contributed by atoms with Crippen LogP contribution in [0, 0.1) is 0 Å². The van der Waals surface area contributed by atoms with Crippen molar-refractivity contribution < 1.29 is 5.11 Å². The maximum atomic E-state index is 9.01. The quantitative estimate of drug-likeness (QED) is 0.875. The third-order valence-electron chi connectivity index (χ3n) is 2.91. The Bertz CT molecular complexity index is 468. The molecule has 0 saturated heterocycles. The van der Waals surface area contributed by atoms with Gasteiger partial charge in [0.05, 0.1) is 6.61 Å². The molecule has 3 nitrogen and oxygen atoms in total. The Labute approximate surface area is 108 Å². The van der Waals surface area contributed by atoms with E-state index in [1.807, 2.05) is 30.3 Å². The highest BCUT2D eigenvalue weighted by Crippen LogP contribution is 2.14. The molecule has 3 heteroatoms. The number of nitrogens with zero attached hydrogens (tertiary/aromatic N) is 2. The maximum Gasteiger partial charge on any atom is 0.128 e. The van der Waals surface area contributed by atoms with Crippen LogP contribution in [0.4, 0.5) is 5.82 Å². The van der Waals surface area contributed by atoms with E-state index < -0.39 is 0 Å². The van der Waals surface area contributed by atoms with Gasteiger partial charge >= 0.3 is 0 Å². The summed E-state index contributed by atoms with van der Waals surface area (Å²) in [5.74, 6) is 0.943. The molecule has 0 radical (unpaired) electrons. The molecule has 0 fully saturated rings. The van der Waals surface area contributed by atoms with Gasteiger partial charge in [-0.25, -0.2) is 4.98 Å². The minimum absolute atomic E-state index is 0.0398. The fourth-order valence-corrected chi connectivity index (χ4v) is 1.86. The van der Waals surface area contributed by atoms with Crippen LogP contribution in [-0.2, 0) is 13.2 Å². The van der Waals surface area contributed by atoms with E-state index in [2.05, 4.69) is 28.9 Å². The highest BCUT2D eigenvalue weighted by molar-refractivity contribution is 5.40. The Morgan fingerprint density at radius 3 is 2.39 bits per heavy atom. The van der Waals surface area contributed by atoms with Gasteiger partial charge in [-0.05, 0) is 24.1 Å². The highest BCUT2D eigenvalue weighted by atomic mass is 16.3. The summed E-state index contributed by atoms with van der Waals surface area (Å²) in [5, 5.41) is 9.01. The zero-order chi connectivity index (χ0) is 12.8. The second-order valence-electron chi connectivity index (χ2n) is 4.18. The van der Waals surface area contributed by atoms with E-state index in [0.29, 0.717) is 0 Å². The van der Waals surface area contributed by atoms with Gasteiger partial charge in [0.1, 0.15) is 5.82 Å². The number of hydrogen-bond donors (Lipinski definition) is 1. The van der Waals surface area contributed by atoms with Crippen molar-refractivity contribution in [3.8, 4) is 0 Å². The lowest BCUT2D eigenvalue weighted by Crippen LogP contribution is -2.22. The molecule has 0 spiro atoms. The minimum Gasteiger partial charge on any atom is -0.392 e. The van der Waals surface area contributed by atoms with Crippen molar-refractivity contribution in [1.29, 1.82) is 0 Å². The molecule has 1 aromatic heterocycles. The summed E-state index contributed by atoms with van der Waals surface area (Å²) in [7, 11) is 0. The molecule has 0 bridgehead atoms. The number of benzene rings is 1. The van der Waals surface area contributed by atoms with Crippen LogP contribution >= 0.6 is 0 Å². The lowest BCUT2D eigenvalue weighted by Gasteiger charge is -2.22. The summed E-state index contributed by atoms with van der Waals surface area (Å²) in [5.41, 5.74) is 2.11. The first-order valence-corrected chi connectivity index (χ1v) is 6.18. The molecular formula is C15H18N2O. The standard InChI is InChI=1S/C15H18N2O/c1-2-17(11-13-6-4-3-5-7-13)15-9-8-14(12-18)10-16-15/h3-10,18H,2,11-12H2,1H3. The van der Waals surface area contributed by atoms with Crippen LogP contribution < -0.4 is 4.90 Å². The molecule has 0 aliphatic carbocycles. The van der Waals surface area contributed by atoms with Crippen LogP contribution in [0.1, 0.15) is 18.1 Å². The predicted octanol–water partition coefficient (Wildman–Crippen LogP) is 2.60. The smallest absolute Gasteiger partial charge is 0.128 e. The third kappa shape index (κ3) is 3.08. The predicted molar refractivity (Wildman–Crippen MR) is 73.3 cm³/mol. The van der Waals surface area contributed by atoms with Crippen LogP contribution in [-0.4, -0.2) is 16.6 Å². The number of pyridine rings is 1. The van der Waals surface area contributed by atoms with Crippen molar-refractivity contribution in [3.63, 3.8) is 0 Å². The summed E-state index contributed by atoms with van der Waals surface area (Å²) < 4.78 is 0. The second kappa shape index (κ2) is 6.17. The molecule has 18 heavy (non-hydrogen) atoms. The van der Waals surface area contributed by atoms with Gasteiger partial charge < -0.3 is 10.0 Å². The van der Waals surface area contributed by atoms with Crippen molar-refractivity contribution in [2.45, 2.75) is 20.1 Å². The molecule has 1 heterocycles. The van der Waals surface area contributed by atoms with Crippen molar-refractivity contribution in [2.24, 2.45) is 0 Å². The number of rotatable bonds is 5. The van der Waals surface area contributed by atoms with Gasteiger partial charge in [-0.1, -0.05) is 36.4 Å². The summed E-state index contributed by atoms with van der Waals surface area (Å²) in [6, 6.07) is 14.2. The molecule has 94 valence electrons. The Balaban J connectivity index is 2.12. The summed E-state index contributed by atoms with van der Waals surface area (Å²) in [6.07, 6.45) is 1.73. The first-order valence-electron chi connectivity index (χ1n) is 6.18. The van der Waals surface area contributed by atoms with E-state index in [9.17, 15) is 0 Å². The Kier molecular flexibility index (Phi) is 4.31. The van der Waals surface area contributed by atoms with E-state index in [0.717, 1.165) is 24.5 Å². The van der Waals surface area contributed by atoms with E-state index in [1.54, 1.807) is 6.20 Å². The first kappa shape index (κ1) is 12.6. The molecule has 2 aromatic rings. The van der Waals surface area contributed by atoms with E-state index in [-0.39, 0.29) is 6.61 Å². The summed E-state index contributed by atoms with van der Waals surface area (Å²) in [6.45, 7) is 3.91. The normalized spacial score (nSPS) is 10.3. The van der Waals surface area contributed by atoms with Crippen molar-refractivity contribution in [1.82, 2.24) is 4.98 Å². The summed E-state index contributed by atoms with van der Waals surface area (Å²) >= 11 is 0. The molecule has 0 unspecified atom stereocenters. The zero-order valence-corrected chi connectivity index (χ0v) is 10.6. The summed E-state index contributed by atoms with van der Waals surface area (Å²) in [4.78, 5) is 6.59. The van der Waals surface area contributed by atoms with Crippen molar-refractivity contribution in [2.75, 3.05) is 11.4 Å². The van der Waals surface area contributed by atoms with E-state index in [1.165, 1.54) is 5.56 Å². The average molecular weight is 242 g/mol. The van der Waals surface area contributed by atoms with Crippen molar-refractivity contribution >= 4 is 5.82 Å². The second-order valence-corrected chi connectivity index (χ2v) is 4.18. The zero-order valence-electron chi connectivity index (χ0n) is 10.6. The number of aliphatic hydroxyl groups is 1. The van der Waals surface area contributed by atoms with Gasteiger partial charge in [-0.2, -0.15) is 0 Å². The molecule has 1 aromatic carbocycles. The largest absolute Gasteiger partial charge is 0.392 e. The van der Waals surface area contributed by atoms with Crippen LogP contribution in [0.15, 0.2) is 48.7 Å². The van der Waals surface area contributed by atoms with Crippen molar-refractivity contribution in [3.05, 3.63) is 59.8 Å². The number of aromatic nitrogens is 1. The molecule has 2 rings (SSSR count). The minimum atomic E-state index is 0.0398. The molecule has 1 N–H and O–H groups in total. The number of aliphatic hydroxyl groups excluding tert-OH is 1. The molecule has 0 saturated carbocycles. The Morgan fingerprint density at radius 2 is 1.83 bits per heavy atom. The van der Waals surface area contributed by atoms with E-state index >= 15 is 0 Å². The Hall–Kier alpha value is -1.87. The third-order valence-corrected chi connectivity index (χ3v) is 2.91. The van der Waals surface area contributed by atoms with E-state index in [4.69, 9.17) is 5.11 Å². The van der Waals surface area contributed by atoms with Gasteiger partial charge in [0.25, 0.3) is 0 Å². The molecule has 0 aliphatic rings. The SMILES string of the molecule is CCN(Cc1ccccc1)c1ccc(CO)cn1. The lowest BCUT2D eigenvalue weighted by molar-refractivity contribution is 0.281. The number of hydrogen-bond acceptors (Lipinski definition) is 3. The van der Waals surface area contributed by atoms with Gasteiger partial charge in [-0.15, -0.1) is 0 Å².